The summed E-state index contributed by atoms with van der Waals surface area (Å²) in [5.74, 6) is 0.614. The second-order valence-corrected chi connectivity index (χ2v) is 6.46. The third-order valence-corrected chi connectivity index (χ3v) is 4.44. The molecule has 3 aromatic rings. The highest BCUT2D eigenvalue weighted by atomic mass is 16.5. The summed E-state index contributed by atoms with van der Waals surface area (Å²) in [7, 11) is 3.78. The summed E-state index contributed by atoms with van der Waals surface area (Å²) < 4.78 is 5.86. The molecule has 1 amide bonds. The number of carbonyl (C=O) groups is 1. The summed E-state index contributed by atoms with van der Waals surface area (Å²) in [5.41, 5.74) is 2.35. The van der Waals surface area contributed by atoms with E-state index in [2.05, 4.69) is 20.2 Å². The van der Waals surface area contributed by atoms with E-state index in [1.54, 1.807) is 12.4 Å². The number of carbonyl (C=O) groups excluding carboxylic acids is 1. The highest BCUT2D eigenvalue weighted by molar-refractivity contribution is 5.97. The third kappa shape index (κ3) is 3.11. The Kier molecular flexibility index (Phi) is 4.26. The van der Waals surface area contributed by atoms with Crippen LogP contribution in [0.5, 0.6) is 0 Å². The normalized spacial score (nSPS) is 17.5. The van der Waals surface area contributed by atoms with Gasteiger partial charge in [-0.15, -0.1) is 0 Å². The average Bonchev–Trinajstić information content (AvgIpc) is 3.15. The zero-order chi connectivity index (χ0) is 18.1. The molecule has 0 saturated carbocycles. The van der Waals surface area contributed by atoms with Gasteiger partial charge in [-0.25, -0.2) is 9.97 Å². The molecule has 1 aliphatic rings. The first kappa shape index (κ1) is 16.5. The van der Waals surface area contributed by atoms with Crippen LogP contribution in [0.2, 0.25) is 0 Å². The monoisotopic (exact) mass is 352 g/mol. The minimum absolute atomic E-state index is 0.0108. The van der Waals surface area contributed by atoms with E-state index in [4.69, 9.17) is 4.74 Å². The number of nitrogens with zero attached hydrogens (tertiary/aromatic N) is 5. The van der Waals surface area contributed by atoms with Gasteiger partial charge in [0.15, 0.2) is 0 Å². The fourth-order valence-corrected chi connectivity index (χ4v) is 3.03. The number of H-pyrrole nitrogens is 1. The standard InChI is InChI=1S/C18H20N6O2/c1-23(2)18-19-6-5-15(21-18)16-11-24(7-8-26-16)17(25)12-3-4-14-13(9-12)10-20-22-14/h3-6,9-10,16H,7-8,11H2,1-2H3,(H,20,22)/t16-/m0/s1. The van der Waals surface area contributed by atoms with Gasteiger partial charge in [0.05, 0.1) is 30.6 Å². The van der Waals surface area contributed by atoms with Crippen LogP contribution in [0.15, 0.2) is 36.7 Å². The molecule has 4 rings (SSSR count). The maximum Gasteiger partial charge on any atom is 0.254 e. The number of anilines is 1. The van der Waals surface area contributed by atoms with Crippen molar-refractivity contribution >= 4 is 22.8 Å². The lowest BCUT2D eigenvalue weighted by atomic mass is 10.1. The second kappa shape index (κ2) is 6.72. The first-order chi connectivity index (χ1) is 12.6. The number of aromatic nitrogens is 4. The van der Waals surface area contributed by atoms with Gasteiger partial charge in [0.25, 0.3) is 5.91 Å². The van der Waals surface area contributed by atoms with E-state index in [0.29, 0.717) is 31.2 Å². The quantitative estimate of drug-likeness (QED) is 0.771. The van der Waals surface area contributed by atoms with E-state index in [1.807, 2.05) is 48.2 Å². The maximum absolute atomic E-state index is 12.9. The highest BCUT2D eigenvalue weighted by Crippen LogP contribution is 2.23. The number of ether oxygens (including phenoxy) is 1. The van der Waals surface area contributed by atoms with Crippen molar-refractivity contribution in [2.24, 2.45) is 0 Å². The molecule has 1 aromatic carbocycles. The van der Waals surface area contributed by atoms with E-state index in [1.165, 1.54) is 0 Å². The number of hydrogen-bond donors (Lipinski definition) is 1. The lowest BCUT2D eigenvalue weighted by Crippen LogP contribution is -2.42. The SMILES string of the molecule is CN(C)c1nccc([C@@H]2CN(C(=O)c3ccc4[nH]ncc4c3)CCO2)n1. The van der Waals surface area contributed by atoms with Crippen LogP contribution in [0.1, 0.15) is 22.2 Å². The van der Waals surface area contributed by atoms with Crippen LogP contribution < -0.4 is 4.90 Å². The van der Waals surface area contributed by atoms with E-state index in [9.17, 15) is 4.79 Å². The summed E-state index contributed by atoms with van der Waals surface area (Å²) in [6, 6.07) is 7.40. The first-order valence-corrected chi connectivity index (χ1v) is 8.46. The summed E-state index contributed by atoms with van der Waals surface area (Å²) in [6.07, 6.45) is 3.18. The van der Waals surface area contributed by atoms with Crippen molar-refractivity contribution in [3.63, 3.8) is 0 Å². The maximum atomic E-state index is 12.9. The molecule has 0 spiro atoms. The van der Waals surface area contributed by atoms with E-state index >= 15 is 0 Å². The van der Waals surface area contributed by atoms with Crippen molar-refractivity contribution in [3.05, 3.63) is 47.9 Å². The van der Waals surface area contributed by atoms with Gasteiger partial charge in [0, 0.05) is 37.8 Å². The van der Waals surface area contributed by atoms with Crippen molar-refractivity contribution in [2.75, 3.05) is 38.7 Å². The van der Waals surface area contributed by atoms with Crippen molar-refractivity contribution in [3.8, 4) is 0 Å². The van der Waals surface area contributed by atoms with Crippen molar-refractivity contribution < 1.29 is 9.53 Å². The Morgan fingerprint density at radius 1 is 1.35 bits per heavy atom. The van der Waals surface area contributed by atoms with Crippen LogP contribution in [0.25, 0.3) is 10.9 Å². The lowest BCUT2D eigenvalue weighted by molar-refractivity contribution is -0.0247. The molecule has 8 nitrogen and oxygen atoms in total. The number of hydrogen-bond acceptors (Lipinski definition) is 6. The largest absolute Gasteiger partial charge is 0.368 e. The molecule has 0 bridgehead atoms. The lowest BCUT2D eigenvalue weighted by Gasteiger charge is -2.33. The minimum atomic E-state index is -0.257. The van der Waals surface area contributed by atoms with E-state index in [-0.39, 0.29) is 12.0 Å². The number of aromatic amines is 1. The number of benzene rings is 1. The molecule has 1 aliphatic heterocycles. The molecule has 0 aliphatic carbocycles. The van der Waals surface area contributed by atoms with Crippen LogP contribution in [0.3, 0.4) is 0 Å². The second-order valence-electron chi connectivity index (χ2n) is 6.46. The number of amides is 1. The van der Waals surface area contributed by atoms with E-state index in [0.717, 1.165) is 16.6 Å². The van der Waals surface area contributed by atoms with Gasteiger partial charge in [0.2, 0.25) is 5.95 Å². The molecule has 1 N–H and O–H groups in total. The van der Waals surface area contributed by atoms with Crippen LogP contribution in [-0.2, 0) is 4.74 Å². The Morgan fingerprint density at radius 2 is 2.23 bits per heavy atom. The summed E-state index contributed by atoms with van der Waals surface area (Å²) >= 11 is 0. The number of fused-ring (bicyclic) bond motifs is 1. The predicted octanol–water partition coefficient (Wildman–Crippen LogP) is 1.63. The number of nitrogens with one attached hydrogen (secondary N) is 1. The fourth-order valence-electron chi connectivity index (χ4n) is 3.03. The van der Waals surface area contributed by atoms with Crippen LogP contribution >= 0.6 is 0 Å². The highest BCUT2D eigenvalue weighted by Gasteiger charge is 2.27. The molecular formula is C18H20N6O2. The molecular weight excluding hydrogens is 332 g/mol. The van der Waals surface area contributed by atoms with Gasteiger partial charge in [-0.2, -0.15) is 5.10 Å². The zero-order valence-corrected chi connectivity index (χ0v) is 14.7. The van der Waals surface area contributed by atoms with Gasteiger partial charge < -0.3 is 14.5 Å². The Balaban J connectivity index is 1.54. The van der Waals surface area contributed by atoms with Gasteiger partial charge in [0.1, 0.15) is 6.10 Å². The number of morpholine rings is 1. The van der Waals surface area contributed by atoms with Gasteiger partial charge in [-0.3, -0.25) is 9.89 Å². The summed E-state index contributed by atoms with van der Waals surface area (Å²) in [6.45, 7) is 1.50. The summed E-state index contributed by atoms with van der Waals surface area (Å²) in [5, 5.41) is 7.82. The number of rotatable bonds is 3. The van der Waals surface area contributed by atoms with Crippen molar-refractivity contribution in [1.29, 1.82) is 0 Å². The Morgan fingerprint density at radius 3 is 3.08 bits per heavy atom. The Bertz CT molecular complexity index is 938. The molecule has 1 fully saturated rings. The van der Waals surface area contributed by atoms with Crippen LogP contribution in [0.4, 0.5) is 5.95 Å². The zero-order valence-electron chi connectivity index (χ0n) is 14.7. The Labute approximate surface area is 150 Å². The molecule has 134 valence electrons. The van der Waals surface area contributed by atoms with Gasteiger partial charge in [-0.1, -0.05) is 0 Å². The predicted molar refractivity (Wildman–Crippen MR) is 97.0 cm³/mol. The van der Waals surface area contributed by atoms with Gasteiger partial charge in [-0.05, 0) is 24.3 Å². The summed E-state index contributed by atoms with van der Waals surface area (Å²) in [4.78, 5) is 25.3. The molecule has 0 radical (unpaired) electrons. The Hall–Kier alpha value is -3.00. The topological polar surface area (TPSA) is 87.2 Å². The smallest absolute Gasteiger partial charge is 0.254 e. The molecule has 2 aromatic heterocycles. The van der Waals surface area contributed by atoms with Crippen molar-refractivity contribution in [1.82, 2.24) is 25.1 Å². The van der Waals surface area contributed by atoms with Crippen LogP contribution in [0, 0.1) is 0 Å². The molecule has 1 atom stereocenters. The minimum Gasteiger partial charge on any atom is -0.368 e. The van der Waals surface area contributed by atoms with Crippen LogP contribution in [-0.4, -0.2) is 64.8 Å². The fraction of sp³-hybridized carbons (Fsp3) is 0.333. The van der Waals surface area contributed by atoms with Gasteiger partial charge >= 0.3 is 0 Å². The third-order valence-electron chi connectivity index (χ3n) is 4.44. The van der Waals surface area contributed by atoms with E-state index < -0.39 is 0 Å². The molecule has 3 heterocycles. The molecule has 1 saturated heterocycles. The molecule has 0 unspecified atom stereocenters. The molecule has 8 heteroatoms. The first-order valence-electron chi connectivity index (χ1n) is 8.46. The van der Waals surface area contributed by atoms with Crippen molar-refractivity contribution in [2.45, 2.75) is 6.10 Å². The molecule has 26 heavy (non-hydrogen) atoms. The average molecular weight is 352 g/mol.